The van der Waals surface area contributed by atoms with Crippen LogP contribution in [0.25, 0.3) is 0 Å². The van der Waals surface area contributed by atoms with E-state index in [1.165, 1.54) is 18.2 Å². The normalized spacial score (nSPS) is 25.0. The fourth-order valence-electron chi connectivity index (χ4n) is 5.50. The summed E-state index contributed by atoms with van der Waals surface area (Å²) in [6.07, 6.45) is -1.26. The molecule has 3 fully saturated rings. The molecule has 2 bridgehead atoms. The topological polar surface area (TPSA) is 73.1 Å². The average molecular weight is 533 g/mol. The van der Waals surface area contributed by atoms with Gasteiger partial charge in [0.05, 0.1) is 12.7 Å². The van der Waals surface area contributed by atoms with Crippen molar-refractivity contribution >= 4 is 11.6 Å². The summed E-state index contributed by atoms with van der Waals surface area (Å²) >= 11 is 5.79. The minimum atomic E-state index is -4.50. The molecule has 0 radical (unpaired) electrons. The second-order valence-corrected chi connectivity index (χ2v) is 9.96. The summed E-state index contributed by atoms with van der Waals surface area (Å²) in [5.41, 5.74) is -5.49. The number of pyridine rings is 1. The molecule has 6 nitrogen and oxygen atoms in total. The summed E-state index contributed by atoms with van der Waals surface area (Å²) in [6, 6.07) is 5.87. The van der Waals surface area contributed by atoms with Crippen molar-refractivity contribution in [2.24, 2.45) is 5.41 Å². The third-order valence-electron chi connectivity index (χ3n) is 7.13. The fourth-order valence-corrected chi connectivity index (χ4v) is 5.66. The summed E-state index contributed by atoms with van der Waals surface area (Å²) in [6.45, 7) is -2.23. The standard InChI is InChI=1S/C23H19ClF6N4O2/c24-14-1-3-16(17(25)5-14)21(35,10-34-13-31-12-33-34)23(29,30)20-7-19(8-20,9-20)18-4-2-15(6-32-18)36-11-22(26,27)28/h1-6,12-13,35H,7-11H2. The van der Waals surface area contributed by atoms with Gasteiger partial charge >= 0.3 is 6.18 Å². The molecule has 6 rings (SSSR count). The first-order valence-corrected chi connectivity index (χ1v) is 11.2. The summed E-state index contributed by atoms with van der Waals surface area (Å²) in [5, 5.41) is 15.2. The summed E-state index contributed by atoms with van der Waals surface area (Å²) in [7, 11) is 0. The van der Waals surface area contributed by atoms with Gasteiger partial charge in [0, 0.05) is 27.1 Å². The Kier molecular flexibility index (Phi) is 5.56. The molecule has 2 aromatic heterocycles. The fraction of sp³-hybridized carbons (Fsp3) is 0.435. The molecule has 0 spiro atoms. The van der Waals surface area contributed by atoms with E-state index < -0.39 is 53.1 Å². The zero-order valence-electron chi connectivity index (χ0n) is 18.4. The van der Waals surface area contributed by atoms with Crippen LogP contribution in [0, 0.1) is 11.2 Å². The van der Waals surface area contributed by atoms with E-state index in [2.05, 4.69) is 19.8 Å². The average Bonchev–Trinajstić information content (AvgIpc) is 3.23. The molecule has 192 valence electrons. The quantitative estimate of drug-likeness (QED) is 0.411. The molecular formula is C23H19ClF6N4O2. The lowest BCUT2D eigenvalue weighted by molar-refractivity contribution is -0.348. The maximum atomic E-state index is 16.2. The Morgan fingerprint density at radius 2 is 1.81 bits per heavy atom. The maximum absolute atomic E-state index is 16.2. The van der Waals surface area contributed by atoms with Crippen LogP contribution >= 0.6 is 11.6 Å². The van der Waals surface area contributed by atoms with Crippen molar-refractivity contribution in [3.05, 3.63) is 71.3 Å². The van der Waals surface area contributed by atoms with Crippen molar-refractivity contribution < 1.29 is 36.2 Å². The van der Waals surface area contributed by atoms with E-state index in [0.717, 1.165) is 35.7 Å². The SMILES string of the molecule is OC(Cn1cncn1)(c1ccc(Cl)cc1F)C(F)(F)C12CC(c3ccc(OCC(F)(F)F)cn3)(C1)C2. The number of hydrogen-bond acceptors (Lipinski definition) is 5. The van der Waals surface area contributed by atoms with E-state index in [1.54, 1.807) is 0 Å². The predicted octanol–water partition coefficient (Wildman–Crippen LogP) is 5.05. The molecule has 3 aromatic rings. The van der Waals surface area contributed by atoms with Crippen LogP contribution in [0.1, 0.15) is 30.5 Å². The summed E-state index contributed by atoms with van der Waals surface area (Å²) in [5.74, 6) is -4.97. The summed E-state index contributed by atoms with van der Waals surface area (Å²) < 4.78 is 89.9. The Bertz CT molecular complexity index is 1250. The van der Waals surface area contributed by atoms with Gasteiger partial charge < -0.3 is 9.84 Å². The number of halogens is 7. The smallest absolute Gasteiger partial charge is 0.422 e. The molecule has 0 aliphatic heterocycles. The van der Waals surface area contributed by atoms with Gasteiger partial charge in [-0.15, -0.1) is 0 Å². The van der Waals surface area contributed by atoms with Crippen LogP contribution in [0.4, 0.5) is 26.3 Å². The van der Waals surface area contributed by atoms with Crippen LogP contribution in [0.15, 0.2) is 49.2 Å². The second kappa shape index (κ2) is 8.07. The first kappa shape index (κ1) is 24.8. The molecule has 3 aliphatic carbocycles. The van der Waals surface area contributed by atoms with Gasteiger partial charge in [0.15, 0.2) is 12.2 Å². The Labute approximate surface area is 205 Å². The van der Waals surface area contributed by atoms with E-state index in [9.17, 15) is 22.7 Å². The Morgan fingerprint density at radius 1 is 1.08 bits per heavy atom. The van der Waals surface area contributed by atoms with Crippen LogP contribution < -0.4 is 4.74 Å². The van der Waals surface area contributed by atoms with Crippen molar-refractivity contribution in [2.75, 3.05) is 6.61 Å². The highest BCUT2D eigenvalue weighted by atomic mass is 35.5. The number of benzene rings is 1. The molecule has 3 aliphatic rings. The van der Waals surface area contributed by atoms with Crippen LogP contribution in [-0.4, -0.2) is 43.6 Å². The molecule has 0 amide bonds. The monoisotopic (exact) mass is 532 g/mol. The molecule has 2 heterocycles. The number of hydrogen-bond donors (Lipinski definition) is 1. The van der Waals surface area contributed by atoms with Crippen molar-refractivity contribution in [3.63, 3.8) is 0 Å². The van der Waals surface area contributed by atoms with E-state index in [1.807, 2.05) is 0 Å². The van der Waals surface area contributed by atoms with Crippen molar-refractivity contribution in [2.45, 2.75) is 48.9 Å². The lowest BCUT2D eigenvalue weighted by atomic mass is 9.31. The zero-order chi connectivity index (χ0) is 26.0. The third-order valence-corrected chi connectivity index (χ3v) is 7.37. The lowest BCUT2D eigenvalue weighted by Crippen LogP contribution is -2.76. The van der Waals surface area contributed by atoms with E-state index in [-0.39, 0.29) is 30.0 Å². The van der Waals surface area contributed by atoms with Crippen molar-refractivity contribution in [3.8, 4) is 5.75 Å². The Balaban J connectivity index is 1.39. The van der Waals surface area contributed by atoms with Gasteiger partial charge in [-0.2, -0.15) is 18.3 Å². The maximum Gasteiger partial charge on any atom is 0.422 e. The Hall–Kier alpha value is -2.86. The molecule has 1 N–H and O–H groups in total. The highest BCUT2D eigenvalue weighted by Crippen LogP contribution is 2.80. The number of nitrogens with zero attached hydrogens (tertiary/aromatic N) is 4. The predicted molar refractivity (Wildman–Crippen MR) is 114 cm³/mol. The van der Waals surface area contributed by atoms with Crippen LogP contribution in [0.5, 0.6) is 5.75 Å². The highest BCUT2D eigenvalue weighted by molar-refractivity contribution is 6.30. The highest BCUT2D eigenvalue weighted by Gasteiger charge is 2.82. The number of ether oxygens (including phenoxy) is 1. The molecule has 0 saturated heterocycles. The Morgan fingerprint density at radius 3 is 2.36 bits per heavy atom. The third kappa shape index (κ3) is 3.81. The first-order valence-electron chi connectivity index (χ1n) is 10.8. The largest absolute Gasteiger partial charge is 0.483 e. The molecule has 36 heavy (non-hydrogen) atoms. The first-order chi connectivity index (χ1) is 16.8. The minimum absolute atomic E-state index is 0.0131. The van der Waals surface area contributed by atoms with Crippen molar-refractivity contribution in [1.82, 2.24) is 19.7 Å². The van der Waals surface area contributed by atoms with Gasteiger partial charge in [-0.25, -0.2) is 22.8 Å². The van der Waals surface area contributed by atoms with Gasteiger partial charge in [0.1, 0.15) is 24.2 Å². The van der Waals surface area contributed by atoms with E-state index in [4.69, 9.17) is 11.6 Å². The number of aliphatic hydroxyl groups is 1. The van der Waals surface area contributed by atoms with E-state index >= 15 is 8.78 Å². The molecule has 1 aromatic carbocycles. The molecular weight excluding hydrogens is 514 g/mol. The van der Waals surface area contributed by atoms with Gasteiger partial charge in [-0.1, -0.05) is 17.7 Å². The molecule has 1 atom stereocenters. The number of aromatic nitrogens is 4. The number of alkyl halides is 5. The van der Waals surface area contributed by atoms with Gasteiger partial charge in [0.25, 0.3) is 5.92 Å². The van der Waals surface area contributed by atoms with E-state index in [0.29, 0.717) is 5.69 Å². The summed E-state index contributed by atoms with van der Waals surface area (Å²) in [4.78, 5) is 7.84. The van der Waals surface area contributed by atoms with Crippen LogP contribution in [0.2, 0.25) is 5.02 Å². The minimum Gasteiger partial charge on any atom is -0.483 e. The van der Waals surface area contributed by atoms with Gasteiger partial charge in [0.2, 0.25) is 0 Å². The van der Waals surface area contributed by atoms with Crippen molar-refractivity contribution in [1.29, 1.82) is 0 Å². The molecule has 13 heteroatoms. The second-order valence-electron chi connectivity index (χ2n) is 9.53. The lowest BCUT2D eigenvalue weighted by Gasteiger charge is -2.73. The van der Waals surface area contributed by atoms with Gasteiger partial charge in [-0.3, -0.25) is 4.98 Å². The zero-order valence-corrected chi connectivity index (χ0v) is 19.2. The molecule has 1 unspecified atom stereocenters. The number of rotatable bonds is 8. The van der Waals surface area contributed by atoms with Crippen LogP contribution in [0.3, 0.4) is 0 Å². The van der Waals surface area contributed by atoms with Gasteiger partial charge in [-0.05, 0) is 43.5 Å². The molecule has 3 saturated carbocycles. The van der Waals surface area contributed by atoms with Crippen LogP contribution in [-0.2, 0) is 17.6 Å².